The highest BCUT2D eigenvalue weighted by Crippen LogP contribution is 2.38. The Morgan fingerprint density at radius 1 is 0.975 bits per heavy atom. The van der Waals surface area contributed by atoms with Gasteiger partial charge in [0.2, 0.25) is 4.96 Å². The van der Waals surface area contributed by atoms with Crippen LogP contribution in [0, 0.1) is 0 Å². The fourth-order valence-electron chi connectivity index (χ4n) is 4.98. The number of para-hydroxylation sites is 1. The highest BCUT2D eigenvalue weighted by Gasteiger charge is 2.24. The molecule has 7 nitrogen and oxygen atoms in total. The molecule has 0 saturated heterocycles. The van der Waals surface area contributed by atoms with E-state index in [-0.39, 0.29) is 11.7 Å². The summed E-state index contributed by atoms with van der Waals surface area (Å²) in [6.45, 7) is 1.35. The summed E-state index contributed by atoms with van der Waals surface area (Å²) in [7, 11) is 0. The van der Waals surface area contributed by atoms with Crippen molar-refractivity contribution in [3.05, 3.63) is 123 Å². The number of thiazole rings is 1. The summed E-state index contributed by atoms with van der Waals surface area (Å²) < 4.78 is 13.7. The Hall–Kier alpha value is -5.08. The smallest absolute Gasteiger partial charge is 0.308 e. The minimum atomic E-state index is -0.448. The Morgan fingerprint density at radius 2 is 1.75 bits per heavy atom. The summed E-state index contributed by atoms with van der Waals surface area (Å²) in [5.41, 5.74) is 3.09. The molecule has 1 aliphatic rings. The van der Waals surface area contributed by atoms with E-state index in [1.165, 1.54) is 22.8 Å². The molecular formula is C32H21N3O4S. The largest absolute Gasteiger partial charge is 0.480 e. The van der Waals surface area contributed by atoms with Gasteiger partial charge in [-0.05, 0) is 46.2 Å². The molecule has 7 rings (SSSR count). The fourth-order valence-corrected chi connectivity index (χ4v) is 5.88. The first kappa shape index (κ1) is 24.0. The third-order valence-electron chi connectivity index (χ3n) is 6.74. The Balaban J connectivity index is 1.37. The van der Waals surface area contributed by atoms with Crippen LogP contribution in [-0.4, -0.2) is 20.6 Å². The maximum Gasteiger partial charge on any atom is 0.308 e. The van der Waals surface area contributed by atoms with Crippen molar-refractivity contribution in [2.75, 3.05) is 0 Å². The molecule has 2 aromatic heterocycles. The fraction of sp³-hybridized carbons (Fsp3) is 0.0625. The number of hydrogen-bond acceptors (Lipinski definition) is 7. The Bertz CT molecular complexity index is 2080. The number of aromatic nitrogens is 3. The molecule has 1 atom stereocenters. The number of hydrogen-bond donors (Lipinski definition) is 0. The van der Waals surface area contributed by atoms with E-state index in [9.17, 15) is 9.59 Å². The third-order valence-corrected chi connectivity index (χ3v) is 7.70. The molecule has 4 aromatic carbocycles. The van der Waals surface area contributed by atoms with Crippen LogP contribution in [0.4, 0.5) is 0 Å². The summed E-state index contributed by atoms with van der Waals surface area (Å²) in [6.07, 6.45) is 3.55. The van der Waals surface area contributed by atoms with E-state index in [1.54, 1.807) is 6.07 Å². The summed E-state index contributed by atoms with van der Waals surface area (Å²) in [4.78, 5) is 30.5. The number of fused-ring (bicyclic) bond motifs is 3. The molecule has 0 spiro atoms. The molecule has 0 saturated carbocycles. The topological polar surface area (TPSA) is 82.8 Å². The number of carbonyl (C=O) groups is 1. The van der Waals surface area contributed by atoms with Crippen LogP contribution in [0.2, 0.25) is 0 Å². The second kappa shape index (κ2) is 9.59. The lowest BCUT2D eigenvalue weighted by Crippen LogP contribution is -2.25. The molecule has 1 unspecified atom stereocenters. The van der Waals surface area contributed by atoms with E-state index in [0.29, 0.717) is 26.6 Å². The molecule has 40 heavy (non-hydrogen) atoms. The van der Waals surface area contributed by atoms with E-state index >= 15 is 0 Å². The van der Waals surface area contributed by atoms with Crippen LogP contribution in [0.3, 0.4) is 0 Å². The Labute approximate surface area is 232 Å². The van der Waals surface area contributed by atoms with Gasteiger partial charge in [0, 0.05) is 12.5 Å². The van der Waals surface area contributed by atoms with Crippen LogP contribution >= 0.6 is 11.3 Å². The van der Waals surface area contributed by atoms with Crippen molar-refractivity contribution >= 4 is 45.2 Å². The SMILES string of the molecule is CC(=O)Oc1ccc2ccccc2c1-c1nc2sc(=CC3=Cc4ccccc4OC3c3ccccc3)c(=O)n2n1. The lowest BCUT2D eigenvalue weighted by Gasteiger charge is -2.26. The Kier molecular flexibility index (Phi) is 5.75. The first-order chi connectivity index (χ1) is 19.5. The van der Waals surface area contributed by atoms with Gasteiger partial charge in [-0.15, -0.1) is 5.10 Å². The molecule has 6 aromatic rings. The number of carbonyl (C=O) groups excluding carboxylic acids is 1. The number of rotatable bonds is 4. The molecule has 0 bridgehead atoms. The normalized spacial score (nSPS) is 15.1. The minimum Gasteiger partial charge on any atom is -0.480 e. The monoisotopic (exact) mass is 543 g/mol. The summed E-state index contributed by atoms with van der Waals surface area (Å²) >= 11 is 1.25. The van der Waals surface area contributed by atoms with Crippen LogP contribution in [0.5, 0.6) is 11.5 Å². The predicted octanol–water partition coefficient (Wildman–Crippen LogP) is 5.61. The molecule has 0 aliphatic carbocycles. The summed E-state index contributed by atoms with van der Waals surface area (Å²) in [6, 6.07) is 29.1. The molecule has 0 fully saturated rings. The van der Waals surface area contributed by atoms with Gasteiger partial charge in [0.1, 0.15) is 17.6 Å². The van der Waals surface area contributed by atoms with Crippen molar-refractivity contribution in [1.82, 2.24) is 14.6 Å². The van der Waals surface area contributed by atoms with Crippen molar-refractivity contribution in [3.63, 3.8) is 0 Å². The molecule has 194 valence electrons. The number of ether oxygens (including phenoxy) is 2. The van der Waals surface area contributed by atoms with Crippen LogP contribution in [0.1, 0.15) is 24.2 Å². The third kappa shape index (κ3) is 4.15. The van der Waals surface area contributed by atoms with Crippen LogP contribution < -0.4 is 19.6 Å². The average Bonchev–Trinajstić information content (AvgIpc) is 3.51. The minimum absolute atomic E-state index is 0.278. The van der Waals surface area contributed by atoms with Gasteiger partial charge in [-0.1, -0.05) is 90.2 Å². The first-order valence-electron chi connectivity index (χ1n) is 12.7. The molecule has 0 radical (unpaired) electrons. The second-order valence-electron chi connectivity index (χ2n) is 9.39. The predicted molar refractivity (Wildman–Crippen MR) is 155 cm³/mol. The van der Waals surface area contributed by atoms with Crippen molar-refractivity contribution in [2.24, 2.45) is 0 Å². The van der Waals surface area contributed by atoms with Gasteiger partial charge in [-0.3, -0.25) is 9.59 Å². The maximum atomic E-state index is 13.5. The molecular weight excluding hydrogens is 522 g/mol. The van der Waals surface area contributed by atoms with Gasteiger partial charge in [0.05, 0.1) is 10.1 Å². The van der Waals surface area contributed by atoms with Gasteiger partial charge in [-0.25, -0.2) is 0 Å². The standard InChI is InChI=1S/C32H21N3O4S/c1-19(36)38-26-16-15-20-9-5-7-13-24(20)28(26)30-33-32-35(34-30)31(37)27(40-32)18-23-17-22-12-6-8-14-25(22)39-29(23)21-10-3-2-4-11-21/h2-18,29H,1H3. The molecule has 8 heteroatoms. The lowest BCUT2D eigenvalue weighted by molar-refractivity contribution is -0.131. The van der Waals surface area contributed by atoms with Gasteiger partial charge < -0.3 is 9.47 Å². The van der Waals surface area contributed by atoms with Gasteiger partial charge in [-0.2, -0.15) is 9.50 Å². The van der Waals surface area contributed by atoms with Crippen molar-refractivity contribution in [1.29, 1.82) is 0 Å². The molecule has 1 aliphatic heterocycles. The van der Waals surface area contributed by atoms with Crippen LogP contribution in [0.15, 0.2) is 101 Å². The summed E-state index contributed by atoms with van der Waals surface area (Å²) in [5.74, 6) is 1.01. The first-order valence-corrected chi connectivity index (χ1v) is 13.5. The number of esters is 1. The maximum absolute atomic E-state index is 13.5. The average molecular weight is 544 g/mol. The quantitative estimate of drug-likeness (QED) is 0.212. The number of nitrogens with zero attached hydrogens (tertiary/aromatic N) is 3. The van der Waals surface area contributed by atoms with Crippen molar-refractivity contribution in [3.8, 4) is 22.9 Å². The zero-order valence-corrected chi connectivity index (χ0v) is 22.1. The van der Waals surface area contributed by atoms with Gasteiger partial charge >= 0.3 is 5.97 Å². The van der Waals surface area contributed by atoms with Crippen molar-refractivity contribution in [2.45, 2.75) is 13.0 Å². The summed E-state index contributed by atoms with van der Waals surface area (Å²) in [5, 5.41) is 6.34. The van der Waals surface area contributed by atoms with Crippen LogP contribution in [0.25, 0.3) is 39.3 Å². The van der Waals surface area contributed by atoms with E-state index in [4.69, 9.17) is 14.5 Å². The van der Waals surface area contributed by atoms with E-state index in [2.05, 4.69) is 11.2 Å². The zero-order chi connectivity index (χ0) is 27.2. The van der Waals surface area contributed by atoms with Gasteiger partial charge in [0.25, 0.3) is 5.56 Å². The molecule has 0 amide bonds. The molecule has 3 heterocycles. The van der Waals surface area contributed by atoms with E-state index in [1.807, 2.05) is 91.0 Å². The van der Waals surface area contributed by atoms with E-state index in [0.717, 1.165) is 33.2 Å². The van der Waals surface area contributed by atoms with E-state index < -0.39 is 5.97 Å². The highest BCUT2D eigenvalue weighted by molar-refractivity contribution is 7.15. The van der Waals surface area contributed by atoms with Crippen LogP contribution in [-0.2, 0) is 4.79 Å². The molecule has 0 N–H and O–H groups in total. The number of benzene rings is 4. The lowest BCUT2D eigenvalue weighted by atomic mass is 9.96. The van der Waals surface area contributed by atoms with Crippen molar-refractivity contribution < 1.29 is 14.3 Å². The Morgan fingerprint density at radius 3 is 2.58 bits per heavy atom. The van der Waals surface area contributed by atoms with Gasteiger partial charge in [0.15, 0.2) is 5.82 Å². The second-order valence-corrected chi connectivity index (χ2v) is 10.4. The zero-order valence-electron chi connectivity index (χ0n) is 21.3. The highest BCUT2D eigenvalue weighted by atomic mass is 32.1.